The highest BCUT2D eigenvalue weighted by molar-refractivity contribution is 5.97. The molecule has 0 aliphatic heterocycles. The van der Waals surface area contributed by atoms with E-state index in [9.17, 15) is 9.90 Å². The van der Waals surface area contributed by atoms with Crippen LogP contribution in [-0.4, -0.2) is 17.0 Å². The molecule has 2 aliphatic carbocycles. The van der Waals surface area contributed by atoms with Crippen molar-refractivity contribution in [3.05, 3.63) is 11.1 Å². The van der Waals surface area contributed by atoms with Gasteiger partial charge in [-0.1, -0.05) is 19.4 Å². The maximum atomic E-state index is 11.7. The Morgan fingerprint density at radius 2 is 2.21 bits per heavy atom. The summed E-state index contributed by atoms with van der Waals surface area (Å²) in [4.78, 5) is 11.7. The summed E-state index contributed by atoms with van der Waals surface area (Å²) in [7, 11) is 0. The predicted molar refractivity (Wildman–Crippen MR) is 54.9 cm³/mol. The summed E-state index contributed by atoms with van der Waals surface area (Å²) >= 11 is 0. The smallest absolute Gasteiger partial charge is 0.158 e. The van der Waals surface area contributed by atoms with Crippen LogP contribution in [0.1, 0.15) is 46.0 Å². The standard InChI is InChI=1S/C12H18O2/c1-3-8-9-4-5-11(14)12(9,2)7-6-10(8)13/h11,14H,3-7H2,1-2H3/t11-,12-/m0/s1. The predicted octanol–water partition coefficient (Wildman–Crippen LogP) is 2.22. The number of aliphatic hydroxyl groups excluding tert-OH is 1. The first-order chi connectivity index (χ1) is 6.59. The van der Waals surface area contributed by atoms with Crippen molar-refractivity contribution in [1.82, 2.24) is 0 Å². The molecule has 14 heavy (non-hydrogen) atoms. The first-order valence-corrected chi connectivity index (χ1v) is 5.53. The quantitative estimate of drug-likeness (QED) is 0.695. The summed E-state index contributed by atoms with van der Waals surface area (Å²) in [5.74, 6) is 0.314. The van der Waals surface area contributed by atoms with Crippen LogP contribution >= 0.6 is 0 Å². The highest BCUT2D eigenvalue weighted by atomic mass is 16.3. The lowest BCUT2D eigenvalue weighted by Gasteiger charge is -2.35. The van der Waals surface area contributed by atoms with Crippen molar-refractivity contribution >= 4 is 5.78 Å². The lowest BCUT2D eigenvalue weighted by atomic mass is 9.71. The number of hydrogen-bond acceptors (Lipinski definition) is 2. The lowest BCUT2D eigenvalue weighted by molar-refractivity contribution is -0.117. The van der Waals surface area contributed by atoms with E-state index in [4.69, 9.17) is 0 Å². The molecule has 0 aromatic carbocycles. The number of carbonyl (C=O) groups is 1. The highest BCUT2D eigenvalue weighted by Gasteiger charge is 2.46. The zero-order chi connectivity index (χ0) is 10.3. The fourth-order valence-electron chi connectivity index (χ4n) is 3.00. The van der Waals surface area contributed by atoms with E-state index in [2.05, 4.69) is 6.92 Å². The summed E-state index contributed by atoms with van der Waals surface area (Å²) in [6, 6.07) is 0. The van der Waals surface area contributed by atoms with Gasteiger partial charge in [0.25, 0.3) is 0 Å². The molecule has 2 aliphatic rings. The van der Waals surface area contributed by atoms with Crippen molar-refractivity contribution in [1.29, 1.82) is 0 Å². The topological polar surface area (TPSA) is 37.3 Å². The molecule has 2 nitrogen and oxygen atoms in total. The summed E-state index contributed by atoms with van der Waals surface area (Å²) in [6.45, 7) is 4.15. The van der Waals surface area contributed by atoms with E-state index < -0.39 is 0 Å². The molecule has 2 heteroatoms. The van der Waals surface area contributed by atoms with Crippen molar-refractivity contribution in [2.75, 3.05) is 0 Å². The zero-order valence-electron chi connectivity index (χ0n) is 8.97. The fraction of sp³-hybridized carbons (Fsp3) is 0.750. The normalized spacial score (nSPS) is 37.6. The van der Waals surface area contributed by atoms with Crippen LogP contribution < -0.4 is 0 Å². The van der Waals surface area contributed by atoms with Gasteiger partial charge in [-0.25, -0.2) is 0 Å². The molecule has 2 atom stereocenters. The van der Waals surface area contributed by atoms with Gasteiger partial charge < -0.3 is 5.11 Å². The van der Waals surface area contributed by atoms with Gasteiger partial charge in [0.05, 0.1) is 6.10 Å². The van der Waals surface area contributed by atoms with Gasteiger partial charge in [-0.2, -0.15) is 0 Å². The Morgan fingerprint density at radius 3 is 2.86 bits per heavy atom. The third-order valence-electron chi connectivity index (χ3n) is 4.02. The molecule has 0 unspecified atom stereocenters. The molecule has 0 saturated heterocycles. The Kier molecular flexibility index (Phi) is 2.26. The molecule has 78 valence electrons. The monoisotopic (exact) mass is 194 g/mol. The second-order valence-electron chi connectivity index (χ2n) is 4.71. The molecular formula is C12H18O2. The van der Waals surface area contributed by atoms with E-state index in [-0.39, 0.29) is 11.5 Å². The fourth-order valence-corrected chi connectivity index (χ4v) is 3.00. The lowest BCUT2D eigenvalue weighted by Crippen LogP contribution is -2.33. The second-order valence-corrected chi connectivity index (χ2v) is 4.71. The molecule has 0 aromatic heterocycles. The van der Waals surface area contributed by atoms with E-state index in [0.29, 0.717) is 12.2 Å². The molecular weight excluding hydrogens is 176 g/mol. The Labute approximate surface area is 85.0 Å². The van der Waals surface area contributed by atoms with E-state index in [1.54, 1.807) is 0 Å². The molecule has 1 fully saturated rings. The molecule has 0 spiro atoms. The van der Waals surface area contributed by atoms with Gasteiger partial charge in [-0.05, 0) is 31.3 Å². The molecule has 0 heterocycles. The van der Waals surface area contributed by atoms with E-state index >= 15 is 0 Å². The average Bonchev–Trinajstić information content (AvgIpc) is 2.45. The number of aliphatic hydroxyl groups is 1. The molecule has 2 rings (SSSR count). The number of fused-ring (bicyclic) bond motifs is 1. The number of allylic oxidation sites excluding steroid dienone is 1. The molecule has 1 saturated carbocycles. The Hall–Kier alpha value is -0.630. The van der Waals surface area contributed by atoms with Crippen molar-refractivity contribution in [3.8, 4) is 0 Å². The number of Topliss-reactive ketones (excluding diaryl/α,β-unsaturated/α-hetero) is 1. The van der Waals surface area contributed by atoms with Crippen molar-refractivity contribution in [2.45, 2.75) is 52.1 Å². The molecule has 0 amide bonds. The van der Waals surface area contributed by atoms with Crippen LogP contribution in [0.15, 0.2) is 11.1 Å². The van der Waals surface area contributed by atoms with Crippen LogP contribution in [0.25, 0.3) is 0 Å². The number of rotatable bonds is 1. The van der Waals surface area contributed by atoms with Gasteiger partial charge in [-0.15, -0.1) is 0 Å². The van der Waals surface area contributed by atoms with Crippen LogP contribution in [0.3, 0.4) is 0 Å². The van der Waals surface area contributed by atoms with Crippen molar-refractivity contribution in [3.63, 3.8) is 0 Å². The van der Waals surface area contributed by atoms with Gasteiger partial charge in [0.1, 0.15) is 0 Å². The SMILES string of the molecule is CCC1=C2CC[C@H](O)[C@@]2(C)CCC1=O. The van der Waals surface area contributed by atoms with Gasteiger partial charge in [0.2, 0.25) is 0 Å². The number of hydrogen-bond donors (Lipinski definition) is 1. The van der Waals surface area contributed by atoms with Crippen LogP contribution in [-0.2, 0) is 4.79 Å². The van der Waals surface area contributed by atoms with Gasteiger partial charge in [0, 0.05) is 11.8 Å². The maximum absolute atomic E-state index is 11.7. The molecule has 0 aromatic rings. The summed E-state index contributed by atoms with van der Waals surface area (Å²) in [5, 5.41) is 9.94. The number of ketones is 1. The minimum absolute atomic E-state index is 0.0841. The van der Waals surface area contributed by atoms with Gasteiger partial charge in [0.15, 0.2) is 5.78 Å². The Balaban J connectivity index is 2.47. The van der Waals surface area contributed by atoms with Crippen molar-refractivity contribution in [2.24, 2.45) is 5.41 Å². The van der Waals surface area contributed by atoms with Crippen LogP contribution in [0.5, 0.6) is 0 Å². The minimum Gasteiger partial charge on any atom is -0.392 e. The van der Waals surface area contributed by atoms with Crippen LogP contribution in [0.2, 0.25) is 0 Å². The Bertz CT molecular complexity index is 303. The zero-order valence-corrected chi connectivity index (χ0v) is 8.97. The molecule has 0 bridgehead atoms. The third-order valence-corrected chi connectivity index (χ3v) is 4.02. The molecule has 1 N–H and O–H groups in total. The largest absolute Gasteiger partial charge is 0.392 e. The Morgan fingerprint density at radius 1 is 1.50 bits per heavy atom. The van der Waals surface area contributed by atoms with Gasteiger partial charge in [-0.3, -0.25) is 4.79 Å². The van der Waals surface area contributed by atoms with Crippen molar-refractivity contribution < 1.29 is 9.90 Å². The van der Waals surface area contributed by atoms with Crippen LogP contribution in [0.4, 0.5) is 0 Å². The number of carbonyl (C=O) groups excluding carboxylic acids is 1. The summed E-state index contributed by atoms with van der Waals surface area (Å²) in [6.07, 6.45) is 3.82. The first-order valence-electron chi connectivity index (χ1n) is 5.53. The molecule has 0 radical (unpaired) electrons. The highest BCUT2D eigenvalue weighted by Crippen LogP contribution is 2.50. The summed E-state index contributed by atoms with van der Waals surface area (Å²) in [5.41, 5.74) is 2.18. The van der Waals surface area contributed by atoms with Crippen LogP contribution in [0, 0.1) is 5.41 Å². The minimum atomic E-state index is -0.229. The van der Waals surface area contributed by atoms with Gasteiger partial charge >= 0.3 is 0 Å². The van der Waals surface area contributed by atoms with E-state index in [1.807, 2.05) is 6.92 Å². The second kappa shape index (κ2) is 3.20. The van der Waals surface area contributed by atoms with E-state index in [1.165, 1.54) is 5.57 Å². The first kappa shape index (κ1) is 9.91. The van der Waals surface area contributed by atoms with E-state index in [0.717, 1.165) is 31.3 Å². The average molecular weight is 194 g/mol. The summed E-state index contributed by atoms with van der Waals surface area (Å²) < 4.78 is 0. The maximum Gasteiger partial charge on any atom is 0.158 e. The third kappa shape index (κ3) is 1.17.